The Hall–Kier alpha value is -1.27. The molecule has 1 rings (SSSR count). The maximum Gasteiger partial charge on any atom is 0.524 e. The third-order valence-electron chi connectivity index (χ3n) is 2.77. The third kappa shape index (κ3) is 5.02. The number of likely N-dealkylation sites (N-methyl/N-ethyl adjacent to an activating group) is 1. The molecule has 0 amide bonds. The van der Waals surface area contributed by atoms with Crippen LogP contribution >= 0.6 is 7.82 Å². The fourth-order valence-corrected chi connectivity index (χ4v) is 2.20. The summed E-state index contributed by atoms with van der Waals surface area (Å²) >= 11 is 0. The summed E-state index contributed by atoms with van der Waals surface area (Å²) in [5.41, 5.74) is 0.703. The van der Waals surface area contributed by atoms with Crippen LogP contribution < -0.4 is 9.84 Å². The van der Waals surface area contributed by atoms with Crippen LogP contribution in [0.3, 0.4) is 0 Å². The number of phosphoric acid groups is 1. The van der Waals surface area contributed by atoms with Crippen molar-refractivity contribution in [2.75, 3.05) is 7.05 Å². The summed E-state index contributed by atoms with van der Waals surface area (Å²) in [7, 11) is -3.08. The maximum absolute atomic E-state index is 12.9. The molecule has 0 bridgehead atoms. The Morgan fingerprint density at radius 2 is 2.15 bits per heavy atom. The monoisotopic (exact) mass is 305 g/mol. The second-order valence-electron chi connectivity index (χ2n) is 4.31. The number of Topliss-reactive ketones (excluding diaryl/α,β-unsaturated/α-hetero) is 1. The van der Waals surface area contributed by atoms with Crippen LogP contribution in [-0.4, -0.2) is 28.7 Å². The minimum absolute atomic E-state index is 0.0317. The highest BCUT2D eigenvalue weighted by molar-refractivity contribution is 7.46. The van der Waals surface area contributed by atoms with E-state index < -0.39 is 20.5 Å². The molecule has 20 heavy (non-hydrogen) atoms. The van der Waals surface area contributed by atoms with Gasteiger partial charge in [0.15, 0.2) is 0 Å². The number of phosphoric ester groups is 1. The maximum atomic E-state index is 12.9. The number of carbonyl (C=O) groups excluding carboxylic acids is 1. The molecule has 0 heterocycles. The number of benzene rings is 1. The Kier molecular flexibility index (Phi) is 5.83. The lowest BCUT2D eigenvalue weighted by Crippen LogP contribution is -2.34. The van der Waals surface area contributed by atoms with E-state index >= 15 is 0 Å². The second kappa shape index (κ2) is 6.95. The van der Waals surface area contributed by atoms with Gasteiger partial charge in [-0.2, -0.15) is 0 Å². The van der Waals surface area contributed by atoms with Crippen molar-refractivity contribution in [3.8, 4) is 5.75 Å². The molecule has 1 aromatic carbocycles. The van der Waals surface area contributed by atoms with E-state index in [1.807, 2.05) is 0 Å². The molecule has 1 aromatic rings. The van der Waals surface area contributed by atoms with Gasteiger partial charge >= 0.3 is 7.82 Å². The standard InChI is InChI=1S/C12H17FNO5P/c1-8(15)11(14-2)6-9-3-4-12(10(5-9)7-13)19-20(16,17)18/h3-5,11,14H,6-7H2,1-2H3,(H2,16,17,18). The zero-order valence-corrected chi connectivity index (χ0v) is 12.1. The van der Waals surface area contributed by atoms with Gasteiger partial charge in [0.05, 0.1) is 6.04 Å². The van der Waals surface area contributed by atoms with Gasteiger partial charge < -0.3 is 9.84 Å². The number of hydrogen-bond donors (Lipinski definition) is 3. The predicted molar refractivity (Wildman–Crippen MR) is 71.2 cm³/mol. The van der Waals surface area contributed by atoms with Gasteiger partial charge in [-0.25, -0.2) is 8.96 Å². The number of nitrogens with one attached hydrogen (secondary N) is 1. The first-order valence-corrected chi connectivity index (χ1v) is 7.40. The minimum atomic E-state index is -4.72. The van der Waals surface area contributed by atoms with Gasteiger partial charge in [-0.1, -0.05) is 6.07 Å². The molecule has 0 aromatic heterocycles. The second-order valence-corrected chi connectivity index (χ2v) is 5.48. The number of alkyl halides is 1. The van der Waals surface area contributed by atoms with Gasteiger partial charge in [-0.05, 0) is 38.1 Å². The van der Waals surface area contributed by atoms with Crippen molar-refractivity contribution in [1.29, 1.82) is 0 Å². The summed E-state index contributed by atoms with van der Waals surface area (Å²) in [5, 5.41) is 2.84. The summed E-state index contributed by atoms with van der Waals surface area (Å²) in [6, 6.07) is 3.86. The quantitative estimate of drug-likeness (QED) is 0.658. The van der Waals surface area contributed by atoms with Crippen LogP contribution in [0, 0.1) is 0 Å². The van der Waals surface area contributed by atoms with Crippen molar-refractivity contribution in [2.45, 2.75) is 26.1 Å². The molecule has 0 aliphatic heterocycles. The highest BCUT2D eigenvalue weighted by Gasteiger charge is 2.19. The van der Waals surface area contributed by atoms with E-state index in [4.69, 9.17) is 9.79 Å². The zero-order chi connectivity index (χ0) is 15.3. The minimum Gasteiger partial charge on any atom is -0.404 e. The van der Waals surface area contributed by atoms with Crippen molar-refractivity contribution in [3.05, 3.63) is 29.3 Å². The van der Waals surface area contributed by atoms with E-state index in [-0.39, 0.29) is 17.1 Å². The first kappa shape index (κ1) is 16.8. The molecule has 0 spiro atoms. The molecule has 0 aliphatic carbocycles. The lowest BCUT2D eigenvalue weighted by molar-refractivity contribution is -0.118. The summed E-state index contributed by atoms with van der Waals surface area (Å²) in [4.78, 5) is 28.8. The smallest absolute Gasteiger partial charge is 0.404 e. The molecule has 0 saturated heterocycles. The summed E-state index contributed by atoms with van der Waals surface area (Å²) < 4.78 is 28.1. The Balaban J connectivity index is 2.97. The van der Waals surface area contributed by atoms with E-state index in [2.05, 4.69) is 9.84 Å². The van der Waals surface area contributed by atoms with E-state index in [9.17, 15) is 13.8 Å². The zero-order valence-electron chi connectivity index (χ0n) is 11.2. The molecule has 6 nitrogen and oxygen atoms in total. The lowest BCUT2D eigenvalue weighted by Gasteiger charge is -2.15. The number of ketones is 1. The van der Waals surface area contributed by atoms with Gasteiger partial charge in [-0.15, -0.1) is 0 Å². The molecule has 0 fully saturated rings. The highest BCUT2D eigenvalue weighted by Crippen LogP contribution is 2.39. The Morgan fingerprint density at radius 1 is 1.50 bits per heavy atom. The number of rotatable bonds is 7. The topological polar surface area (TPSA) is 95.9 Å². The average molecular weight is 305 g/mol. The fraction of sp³-hybridized carbons (Fsp3) is 0.417. The molecule has 8 heteroatoms. The Labute approximate surface area is 116 Å². The average Bonchev–Trinajstić information content (AvgIpc) is 2.35. The van der Waals surface area contributed by atoms with Gasteiger partial charge in [0, 0.05) is 5.56 Å². The van der Waals surface area contributed by atoms with Crippen molar-refractivity contribution in [3.63, 3.8) is 0 Å². The van der Waals surface area contributed by atoms with Crippen molar-refractivity contribution in [2.24, 2.45) is 0 Å². The Bertz CT molecular complexity index is 531. The fourth-order valence-electron chi connectivity index (χ4n) is 1.77. The molecule has 1 atom stereocenters. The summed E-state index contributed by atoms with van der Waals surface area (Å²) in [5.74, 6) is -0.252. The van der Waals surface area contributed by atoms with Gasteiger partial charge in [0.25, 0.3) is 0 Å². The van der Waals surface area contributed by atoms with Crippen molar-refractivity contribution < 1.29 is 28.1 Å². The van der Waals surface area contributed by atoms with Crippen LogP contribution in [0.5, 0.6) is 5.75 Å². The van der Waals surface area contributed by atoms with E-state index in [0.29, 0.717) is 12.0 Å². The summed E-state index contributed by atoms with van der Waals surface area (Å²) in [6.45, 7) is 0.524. The third-order valence-corrected chi connectivity index (χ3v) is 3.20. The molecule has 0 radical (unpaired) electrons. The highest BCUT2D eigenvalue weighted by atomic mass is 31.2. The molecular weight excluding hydrogens is 288 g/mol. The van der Waals surface area contributed by atoms with Crippen molar-refractivity contribution >= 4 is 13.6 Å². The molecule has 3 N–H and O–H groups in total. The lowest BCUT2D eigenvalue weighted by atomic mass is 10.0. The Morgan fingerprint density at radius 3 is 2.60 bits per heavy atom. The first-order chi connectivity index (χ1) is 9.26. The molecule has 0 aliphatic rings. The SMILES string of the molecule is CNC(Cc1ccc(OP(=O)(O)O)c(CF)c1)C(C)=O. The summed E-state index contributed by atoms with van der Waals surface area (Å²) in [6.07, 6.45) is 0.356. The van der Waals surface area contributed by atoms with E-state index in [1.165, 1.54) is 25.1 Å². The van der Waals surface area contributed by atoms with Crippen LogP contribution in [0.1, 0.15) is 18.1 Å². The first-order valence-electron chi connectivity index (χ1n) is 5.87. The van der Waals surface area contributed by atoms with Crippen LogP contribution in [0.25, 0.3) is 0 Å². The van der Waals surface area contributed by atoms with Crippen LogP contribution in [0.4, 0.5) is 4.39 Å². The van der Waals surface area contributed by atoms with Crippen molar-refractivity contribution in [1.82, 2.24) is 5.32 Å². The van der Waals surface area contributed by atoms with Gasteiger partial charge in [-0.3, -0.25) is 14.6 Å². The number of halogens is 1. The molecule has 112 valence electrons. The van der Waals surface area contributed by atoms with Crippen LogP contribution in [0.15, 0.2) is 18.2 Å². The predicted octanol–water partition coefficient (Wildman–Crippen LogP) is 1.35. The molecular formula is C12H17FNO5P. The van der Waals surface area contributed by atoms with Gasteiger partial charge in [0.1, 0.15) is 18.2 Å². The largest absolute Gasteiger partial charge is 0.524 e. The normalized spacial score (nSPS) is 13.1. The number of carbonyl (C=O) groups is 1. The number of hydrogen-bond acceptors (Lipinski definition) is 4. The van der Waals surface area contributed by atoms with Crippen LogP contribution in [0.2, 0.25) is 0 Å². The van der Waals surface area contributed by atoms with E-state index in [0.717, 1.165) is 0 Å². The van der Waals surface area contributed by atoms with Gasteiger partial charge in [0.2, 0.25) is 0 Å². The molecule has 1 unspecified atom stereocenters. The molecule has 0 saturated carbocycles. The van der Waals surface area contributed by atoms with Crippen LogP contribution in [-0.2, 0) is 22.5 Å². The van der Waals surface area contributed by atoms with E-state index in [1.54, 1.807) is 7.05 Å².